The molecule has 0 saturated carbocycles. The Bertz CT molecular complexity index is 167. The van der Waals surface area contributed by atoms with E-state index >= 15 is 0 Å². The topological polar surface area (TPSA) is 21.3 Å². The molecule has 1 N–H and O–H groups in total. The molecular formula is C12H25NO. The molecule has 0 aromatic carbocycles. The van der Waals surface area contributed by atoms with Gasteiger partial charge in [0.15, 0.2) is 0 Å². The minimum absolute atomic E-state index is 0.282. The second kappa shape index (κ2) is 3.82. The zero-order valence-corrected chi connectivity index (χ0v) is 10.5. The highest BCUT2D eigenvalue weighted by Crippen LogP contribution is 2.27. The molecule has 0 aromatic heterocycles. The standard InChI is InChI=1S/C12H25NO/c1-11(2,3)9-7-14-8-10(13-9)12(4,5)6/h9-10,13H,7-8H2,1-6H3. The SMILES string of the molecule is CC(C)(C)C1COCC(C(C)(C)C)N1. The molecule has 0 aliphatic carbocycles. The maximum Gasteiger partial charge on any atom is 0.0625 e. The molecule has 0 bridgehead atoms. The molecule has 1 fully saturated rings. The molecule has 1 heterocycles. The summed E-state index contributed by atoms with van der Waals surface area (Å²) in [4.78, 5) is 0. The quantitative estimate of drug-likeness (QED) is 0.647. The van der Waals surface area contributed by atoms with Crippen molar-refractivity contribution in [1.82, 2.24) is 5.32 Å². The van der Waals surface area contributed by atoms with Gasteiger partial charge in [-0.1, -0.05) is 41.5 Å². The number of hydrogen-bond acceptors (Lipinski definition) is 2. The van der Waals surface area contributed by atoms with E-state index < -0.39 is 0 Å². The molecule has 1 aliphatic heterocycles. The molecule has 0 aromatic rings. The third kappa shape index (κ3) is 2.96. The van der Waals surface area contributed by atoms with Crippen molar-refractivity contribution in [2.24, 2.45) is 10.8 Å². The molecule has 2 atom stereocenters. The van der Waals surface area contributed by atoms with Gasteiger partial charge in [0, 0.05) is 12.1 Å². The zero-order chi connectivity index (χ0) is 11.0. The van der Waals surface area contributed by atoms with E-state index in [-0.39, 0.29) is 10.8 Å². The molecule has 2 nitrogen and oxygen atoms in total. The summed E-state index contributed by atoms with van der Waals surface area (Å²) in [5.41, 5.74) is 0.563. The lowest BCUT2D eigenvalue weighted by molar-refractivity contribution is -0.0170. The van der Waals surface area contributed by atoms with Gasteiger partial charge in [0.25, 0.3) is 0 Å². The largest absolute Gasteiger partial charge is 0.378 e. The number of ether oxygens (including phenoxy) is 1. The Morgan fingerprint density at radius 3 is 1.50 bits per heavy atom. The Morgan fingerprint density at radius 2 is 1.21 bits per heavy atom. The first kappa shape index (κ1) is 12.0. The number of hydrogen-bond donors (Lipinski definition) is 1. The van der Waals surface area contributed by atoms with E-state index in [0.29, 0.717) is 12.1 Å². The van der Waals surface area contributed by atoms with Gasteiger partial charge >= 0.3 is 0 Å². The van der Waals surface area contributed by atoms with Crippen molar-refractivity contribution in [3.63, 3.8) is 0 Å². The van der Waals surface area contributed by atoms with Gasteiger partial charge in [-0.15, -0.1) is 0 Å². The molecule has 1 rings (SSSR count). The Kier molecular flexibility index (Phi) is 3.27. The van der Waals surface area contributed by atoms with Gasteiger partial charge in [0.1, 0.15) is 0 Å². The van der Waals surface area contributed by atoms with E-state index in [9.17, 15) is 0 Å². The third-order valence-electron chi connectivity index (χ3n) is 3.06. The van der Waals surface area contributed by atoms with E-state index in [4.69, 9.17) is 4.74 Å². The lowest BCUT2D eigenvalue weighted by Gasteiger charge is -2.43. The van der Waals surface area contributed by atoms with Crippen molar-refractivity contribution in [3.8, 4) is 0 Å². The normalized spacial score (nSPS) is 30.4. The maximum atomic E-state index is 5.69. The van der Waals surface area contributed by atoms with Gasteiger partial charge in [-0.25, -0.2) is 0 Å². The van der Waals surface area contributed by atoms with Crippen LogP contribution in [0.2, 0.25) is 0 Å². The molecule has 0 spiro atoms. The highest BCUT2D eigenvalue weighted by Gasteiger charge is 2.35. The smallest absolute Gasteiger partial charge is 0.0625 e. The monoisotopic (exact) mass is 199 g/mol. The average Bonchev–Trinajstić information content (AvgIpc) is 2.01. The molecule has 2 heteroatoms. The van der Waals surface area contributed by atoms with Crippen LogP contribution in [0.3, 0.4) is 0 Å². The van der Waals surface area contributed by atoms with Crippen molar-refractivity contribution in [2.75, 3.05) is 13.2 Å². The van der Waals surface area contributed by atoms with Gasteiger partial charge < -0.3 is 10.1 Å². The number of morpholine rings is 1. The van der Waals surface area contributed by atoms with Crippen LogP contribution in [0.4, 0.5) is 0 Å². The molecule has 0 radical (unpaired) electrons. The summed E-state index contributed by atoms with van der Waals surface area (Å²) >= 11 is 0. The Morgan fingerprint density at radius 1 is 0.857 bits per heavy atom. The first-order chi connectivity index (χ1) is 6.21. The van der Waals surface area contributed by atoms with E-state index in [0.717, 1.165) is 13.2 Å². The molecule has 2 unspecified atom stereocenters. The molecular weight excluding hydrogens is 174 g/mol. The van der Waals surface area contributed by atoms with Crippen LogP contribution in [-0.4, -0.2) is 25.3 Å². The van der Waals surface area contributed by atoms with Crippen molar-refractivity contribution < 1.29 is 4.74 Å². The lowest BCUT2D eigenvalue weighted by atomic mass is 9.81. The van der Waals surface area contributed by atoms with Crippen molar-refractivity contribution in [3.05, 3.63) is 0 Å². The van der Waals surface area contributed by atoms with E-state index in [1.54, 1.807) is 0 Å². The van der Waals surface area contributed by atoms with Crippen LogP contribution >= 0.6 is 0 Å². The summed E-state index contributed by atoms with van der Waals surface area (Å²) in [7, 11) is 0. The Balaban J connectivity index is 2.61. The van der Waals surface area contributed by atoms with Crippen molar-refractivity contribution >= 4 is 0 Å². The molecule has 0 amide bonds. The predicted octanol–water partition coefficient (Wildman–Crippen LogP) is 2.44. The summed E-state index contributed by atoms with van der Waals surface area (Å²) in [6.07, 6.45) is 0. The summed E-state index contributed by atoms with van der Waals surface area (Å²) in [6, 6.07) is 0.945. The maximum absolute atomic E-state index is 5.69. The highest BCUT2D eigenvalue weighted by atomic mass is 16.5. The zero-order valence-electron chi connectivity index (χ0n) is 10.5. The number of rotatable bonds is 0. The van der Waals surface area contributed by atoms with Crippen LogP contribution in [0.15, 0.2) is 0 Å². The summed E-state index contributed by atoms with van der Waals surface area (Å²) in [5, 5.41) is 3.71. The lowest BCUT2D eigenvalue weighted by Crippen LogP contribution is -2.58. The highest BCUT2D eigenvalue weighted by molar-refractivity contribution is 4.91. The van der Waals surface area contributed by atoms with Gasteiger partial charge in [-0.3, -0.25) is 0 Å². The van der Waals surface area contributed by atoms with Crippen LogP contribution in [0.5, 0.6) is 0 Å². The van der Waals surface area contributed by atoms with Crippen molar-refractivity contribution in [2.45, 2.75) is 53.6 Å². The van der Waals surface area contributed by atoms with E-state index in [1.807, 2.05) is 0 Å². The van der Waals surface area contributed by atoms with Gasteiger partial charge in [0.2, 0.25) is 0 Å². The minimum Gasteiger partial charge on any atom is -0.378 e. The summed E-state index contributed by atoms with van der Waals surface area (Å²) in [6.45, 7) is 15.3. The van der Waals surface area contributed by atoms with Gasteiger partial charge in [0.05, 0.1) is 13.2 Å². The van der Waals surface area contributed by atoms with E-state index in [2.05, 4.69) is 46.9 Å². The first-order valence-electron chi connectivity index (χ1n) is 5.55. The molecule has 1 saturated heterocycles. The molecule has 14 heavy (non-hydrogen) atoms. The Hall–Kier alpha value is -0.0800. The first-order valence-corrected chi connectivity index (χ1v) is 5.55. The second-order valence-electron chi connectivity index (χ2n) is 6.54. The Labute approximate surface area is 88.4 Å². The average molecular weight is 199 g/mol. The minimum atomic E-state index is 0.282. The second-order valence-corrected chi connectivity index (χ2v) is 6.54. The van der Waals surface area contributed by atoms with Crippen LogP contribution < -0.4 is 5.32 Å². The van der Waals surface area contributed by atoms with Crippen molar-refractivity contribution in [1.29, 1.82) is 0 Å². The summed E-state index contributed by atoms with van der Waals surface area (Å²) < 4.78 is 5.69. The summed E-state index contributed by atoms with van der Waals surface area (Å²) in [5.74, 6) is 0. The third-order valence-corrected chi connectivity index (χ3v) is 3.06. The van der Waals surface area contributed by atoms with Crippen LogP contribution in [0.1, 0.15) is 41.5 Å². The van der Waals surface area contributed by atoms with Crippen LogP contribution in [0.25, 0.3) is 0 Å². The number of nitrogens with one attached hydrogen (secondary N) is 1. The van der Waals surface area contributed by atoms with Crippen LogP contribution in [-0.2, 0) is 4.74 Å². The fraction of sp³-hybridized carbons (Fsp3) is 1.00. The molecule has 1 aliphatic rings. The van der Waals surface area contributed by atoms with Gasteiger partial charge in [-0.05, 0) is 10.8 Å². The van der Waals surface area contributed by atoms with E-state index in [1.165, 1.54) is 0 Å². The predicted molar refractivity (Wildman–Crippen MR) is 60.4 cm³/mol. The fourth-order valence-electron chi connectivity index (χ4n) is 1.64. The van der Waals surface area contributed by atoms with Gasteiger partial charge in [-0.2, -0.15) is 0 Å². The fourth-order valence-corrected chi connectivity index (χ4v) is 1.64. The molecule has 84 valence electrons. The van der Waals surface area contributed by atoms with Crippen LogP contribution in [0, 0.1) is 10.8 Å².